The number of aliphatic imine (C=N–C) groups is 1. The van der Waals surface area contributed by atoms with Crippen molar-refractivity contribution in [3.8, 4) is 0 Å². The van der Waals surface area contributed by atoms with Crippen LogP contribution in [0.15, 0.2) is 17.1 Å². The van der Waals surface area contributed by atoms with Gasteiger partial charge in [-0.05, 0) is 25.7 Å². The summed E-state index contributed by atoms with van der Waals surface area (Å²) in [7, 11) is 0. The minimum Gasteiger partial charge on any atom is -0.395 e. The van der Waals surface area contributed by atoms with Crippen LogP contribution in [0.5, 0.6) is 0 Å². The van der Waals surface area contributed by atoms with Crippen molar-refractivity contribution in [2.75, 3.05) is 26.2 Å². The van der Waals surface area contributed by atoms with Crippen LogP contribution in [0.4, 0.5) is 0 Å². The standard InChI is InChI=1S/C17H32N2O/c1-2-3-4-5-6-7-8-9-10-11-12-17-18-13-14-19(17)15-16-20/h5-6,20H,2-4,7-16H2,1H3/b6-5+. The predicted octanol–water partition coefficient (Wildman–Crippen LogP) is 3.78. The van der Waals surface area contributed by atoms with Crippen molar-refractivity contribution in [1.82, 2.24) is 4.90 Å². The molecule has 1 aliphatic heterocycles. The normalized spacial score (nSPS) is 15.3. The molecule has 0 unspecified atom stereocenters. The quantitative estimate of drug-likeness (QED) is 0.436. The van der Waals surface area contributed by atoms with E-state index in [-0.39, 0.29) is 6.61 Å². The summed E-state index contributed by atoms with van der Waals surface area (Å²) < 4.78 is 0. The zero-order valence-corrected chi connectivity index (χ0v) is 13.2. The zero-order chi connectivity index (χ0) is 14.5. The minimum absolute atomic E-state index is 0.239. The Morgan fingerprint density at radius 1 is 1.10 bits per heavy atom. The molecule has 3 nitrogen and oxygen atoms in total. The minimum atomic E-state index is 0.239. The molecular formula is C17H32N2O. The number of unbranched alkanes of at least 4 members (excludes halogenated alkanes) is 6. The molecule has 1 N–H and O–H groups in total. The molecule has 20 heavy (non-hydrogen) atoms. The van der Waals surface area contributed by atoms with Gasteiger partial charge in [-0.25, -0.2) is 0 Å². The van der Waals surface area contributed by atoms with Crippen molar-refractivity contribution in [2.24, 2.45) is 4.99 Å². The second-order valence-corrected chi connectivity index (χ2v) is 5.58. The highest BCUT2D eigenvalue weighted by Crippen LogP contribution is 2.11. The van der Waals surface area contributed by atoms with Gasteiger partial charge in [0.1, 0.15) is 0 Å². The summed E-state index contributed by atoms with van der Waals surface area (Å²) in [4.78, 5) is 6.76. The highest BCUT2D eigenvalue weighted by molar-refractivity contribution is 5.83. The lowest BCUT2D eigenvalue weighted by molar-refractivity contribution is 0.255. The van der Waals surface area contributed by atoms with Gasteiger partial charge in [-0.3, -0.25) is 4.99 Å². The van der Waals surface area contributed by atoms with E-state index in [1.54, 1.807) is 0 Å². The second-order valence-electron chi connectivity index (χ2n) is 5.58. The van der Waals surface area contributed by atoms with Gasteiger partial charge < -0.3 is 10.0 Å². The van der Waals surface area contributed by atoms with Crippen molar-refractivity contribution in [2.45, 2.75) is 64.7 Å². The first-order chi connectivity index (χ1) is 9.88. The Hall–Kier alpha value is -0.830. The number of rotatable bonds is 12. The second kappa shape index (κ2) is 12.0. The number of amidine groups is 1. The first kappa shape index (κ1) is 17.2. The van der Waals surface area contributed by atoms with Crippen molar-refractivity contribution in [3.63, 3.8) is 0 Å². The predicted molar refractivity (Wildman–Crippen MR) is 87.3 cm³/mol. The smallest absolute Gasteiger partial charge is 0.0991 e. The van der Waals surface area contributed by atoms with Crippen LogP contribution in [0, 0.1) is 0 Å². The lowest BCUT2D eigenvalue weighted by atomic mass is 10.1. The van der Waals surface area contributed by atoms with Crippen molar-refractivity contribution >= 4 is 5.84 Å². The van der Waals surface area contributed by atoms with Gasteiger partial charge in [0.15, 0.2) is 0 Å². The average Bonchev–Trinajstić information content (AvgIpc) is 2.89. The van der Waals surface area contributed by atoms with Crippen LogP contribution < -0.4 is 0 Å². The fourth-order valence-corrected chi connectivity index (χ4v) is 2.58. The van der Waals surface area contributed by atoms with Crippen LogP contribution in [0.1, 0.15) is 64.7 Å². The third kappa shape index (κ3) is 7.68. The molecule has 0 saturated carbocycles. The molecule has 0 atom stereocenters. The Bertz CT molecular complexity index is 287. The average molecular weight is 280 g/mol. The first-order valence-electron chi connectivity index (χ1n) is 8.42. The largest absolute Gasteiger partial charge is 0.395 e. The van der Waals surface area contributed by atoms with Crippen LogP contribution in [0.25, 0.3) is 0 Å². The van der Waals surface area contributed by atoms with Crippen LogP contribution in [-0.2, 0) is 0 Å². The molecule has 0 saturated heterocycles. The van der Waals surface area contributed by atoms with E-state index < -0.39 is 0 Å². The third-order valence-electron chi connectivity index (χ3n) is 3.81. The van der Waals surface area contributed by atoms with Crippen molar-refractivity contribution < 1.29 is 5.11 Å². The summed E-state index contributed by atoms with van der Waals surface area (Å²) in [5, 5.41) is 8.99. The van der Waals surface area contributed by atoms with E-state index in [2.05, 4.69) is 29.0 Å². The van der Waals surface area contributed by atoms with E-state index in [9.17, 15) is 0 Å². The van der Waals surface area contributed by atoms with E-state index in [0.717, 1.165) is 26.1 Å². The van der Waals surface area contributed by atoms with Gasteiger partial charge in [0.25, 0.3) is 0 Å². The summed E-state index contributed by atoms with van der Waals surface area (Å²) in [6, 6.07) is 0. The highest BCUT2D eigenvalue weighted by Gasteiger charge is 2.14. The third-order valence-corrected chi connectivity index (χ3v) is 3.81. The van der Waals surface area contributed by atoms with Gasteiger partial charge in [0.2, 0.25) is 0 Å². The van der Waals surface area contributed by atoms with Crippen LogP contribution >= 0.6 is 0 Å². The number of hydrogen-bond acceptors (Lipinski definition) is 3. The molecule has 0 aliphatic carbocycles. The topological polar surface area (TPSA) is 35.8 Å². The van der Waals surface area contributed by atoms with Gasteiger partial charge in [-0.1, -0.05) is 44.8 Å². The molecule has 116 valence electrons. The highest BCUT2D eigenvalue weighted by atomic mass is 16.3. The number of nitrogens with zero attached hydrogens (tertiary/aromatic N) is 2. The van der Waals surface area contributed by atoms with Crippen molar-refractivity contribution in [1.29, 1.82) is 0 Å². The van der Waals surface area contributed by atoms with Gasteiger partial charge in [-0.2, -0.15) is 0 Å². The van der Waals surface area contributed by atoms with E-state index in [1.807, 2.05) is 0 Å². The van der Waals surface area contributed by atoms with Gasteiger partial charge in [0.05, 0.1) is 19.0 Å². The summed E-state index contributed by atoms with van der Waals surface area (Å²) in [5.41, 5.74) is 0. The SMILES string of the molecule is CCCC/C=C/CCCCCCC1=NCCN1CCO. The Kier molecular flexibility index (Phi) is 10.3. The molecule has 0 aromatic rings. The van der Waals surface area contributed by atoms with Gasteiger partial charge in [-0.15, -0.1) is 0 Å². The Morgan fingerprint density at radius 2 is 1.85 bits per heavy atom. The number of hydrogen-bond donors (Lipinski definition) is 1. The van der Waals surface area contributed by atoms with Crippen LogP contribution in [0.2, 0.25) is 0 Å². The Labute approximate surface area is 124 Å². The lowest BCUT2D eigenvalue weighted by Crippen LogP contribution is -2.30. The number of aliphatic hydroxyl groups is 1. The fraction of sp³-hybridized carbons (Fsp3) is 0.824. The Balaban J connectivity index is 1.93. The number of aliphatic hydroxyl groups excluding tert-OH is 1. The maximum Gasteiger partial charge on any atom is 0.0991 e. The molecule has 0 radical (unpaired) electrons. The molecule has 1 rings (SSSR count). The number of allylic oxidation sites excluding steroid dienone is 2. The molecule has 0 aromatic carbocycles. The first-order valence-corrected chi connectivity index (χ1v) is 8.42. The summed E-state index contributed by atoms with van der Waals surface area (Å²) in [6.45, 7) is 5.14. The Morgan fingerprint density at radius 3 is 2.60 bits per heavy atom. The maximum atomic E-state index is 8.99. The number of β-amino-alcohol motifs (C(OH)–C–C–N with tert-alkyl or cyclic N) is 1. The van der Waals surface area contributed by atoms with Gasteiger partial charge in [0, 0.05) is 19.5 Å². The van der Waals surface area contributed by atoms with Crippen molar-refractivity contribution in [3.05, 3.63) is 12.2 Å². The molecule has 1 aliphatic rings. The summed E-state index contributed by atoms with van der Waals surface area (Å²) in [6.07, 6.45) is 16.0. The molecule has 0 aromatic heterocycles. The molecule has 0 spiro atoms. The van der Waals surface area contributed by atoms with E-state index in [4.69, 9.17) is 5.11 Å². The van der Waals surface area contributed by atoms with Crippen LogP contribution in [-0.4, -0.2) is 42.1 Å². The molecular weight excluding hydrogens is 248 g/mol. The molecule has 1 heterocycles. The monoisotopic (exact) mass is 280 g/mol. The lowest BCUT2D eigenvalue weighted by Gasteiger charge is -2.18. The summed E-state index contributed by atoms with van der Waals surface area (Å²) in [5.74, 6) is 1.22. The molecule has 0 fully saturated rings. The van der Waals surface area contributed by atoms with Crippen LogP contribution in [0.3, 0.4) is 0 Å². The summed E-state index contributed by atoms with van der Waals surface area (Å²) >= 11 is 0. The van der Waals surface area contributed by atoms with Gasteiger partial charge >= 0.3 is 0 Å². The molecule has 3 heteroatoms. The molecule has 0 amide bonds. The maximum absolute atomic E-state index is 8.99. The van der Waals surface area contributed by atoms with E-state index in [0.29, 0.717) is 0 Å². The van der Waals surface area contributed by atoms with E-state index in [1.165, 1.54) is 57.2 Å². The zero-order valence-electron chi connectivity index (χ0n) is 13.2. The van der Waals surface area contributed by atoms with E-state index >= 15 is 0 Å². The fourth-order valence-electron chi connectivity index (χ4n) is 2.58. The molecule has 0 bridgehead atoms.